The third-order valence-electron chi connectivity index (χ3n) is 3.05. The number of carbonyl (C=O) groups is 1. The van der Waals surface area contributed by atoms with E-state index in [0.29, 0.717) is 23.3 Å². The van der Waals surface area contributed by atoms with E-state index in [-0.39, 0.29) is 11.7 Å². The van der Waals surface area contributed by atoms with Gasteiger partial charge in [-0.25, -0.2) is 4.79 Å². The number of carbonyl (C=O) groups excluding carboxylic acids is 1. The van der Waals surface area contributed by atoms with Crippen LogP contribution in [0.2, 0.25) is 0 Å². The fraction of sp³-hybridized carbons (Fsp3) is 0.154. The smallest absolute Gasteiger partial charge is 0.328 e. The van der Waals surface area contributed by atoms with Crippen LogP contribution in [-0.4, -0.2) is 15.8 Å². The molecule has 0 spiro atoms. The molecule has 2 heterocycles. The van der Waals surface area contributed by atoms with Crippen molar-refractivity contribution in [1.29, 1.82) is 0 Å². The Hall–Kier alpha value is -2.63. The van der Waals surface area contributed by atoms with E-state index in [1.54, 1.807) is 18.2 Å². The number of nitrogens with one attached hydrogen (secondary N) is 2. The lowest BCUT2D eigenvalue weighted by Crippen LogP contribution is -2.28. The van der Waals surface area contributed by atoms with Crippen molar-refractivity contribution in [2.24, 2.45) is 0 Å². The predicted molar refractivity (Wildman–Crippen MR) is 67.0 cm³/mol. The molecule has 6 nitrogen and oxygen atoms in total. The first kappa shape index (κ1) is 11.5. The molecule has 0 saturated carbocycles. The summed E-state index contributed by atoms with van der Waals surface area (Å²) in [4.78, 5) is 38.8. The summed E-state index contributed by atoms with van der Waals surface area (Å²) in [6, 6.07) is 5.01. The van der Waals surface area contributed by atoms with Gasteiger partial charge in [0.15, 0.2) is 5.78 Å². The van der Waals surface area contributed by atoms with Crippen molar-refractivity contribution in [3.05, 3.63) is 55.7 Å². The maximum absolute atomic E-state index is 11.7. The molecule has 6 heteroatoms. The van der Waals surface area contributed by atoms with E-state index < -0.39 is 11.2 Å². The molecule has 3 rings (SSSR count). The highest BCUT2D eigenvalue weighted by Crippen LogP contribution is 2.33. The summed E-state index contributed by atoms with van der Waals surface area (Å²) in [7, 11) is 0. The summed E-state index contributed by atoms with van der Waals surface area (Å²) in [6.45, 7) is 1.48. The Balaban J connectivity index is 2.14. The van der Waals surface area contributed by atoms with Crippen LogP contribution in [0.15, 0.2) is 27.8 Å². The Labute approximate surface area is 107 Å². The first-order valence-corrected chi connectivity index (χ1v) is 5.72. The van der Waals surface area contributed by atoms with Crippen molar-refractivity contribution < 1.29 is 9.53 Å². The summed E-state index contributed by atoms with van der Waals surface area (Å²) in [5.74, 6) is 0.652. The lowest BCUT2D eigenvalue weighted by molar-refractivity contribution is 0.101. The molecule has 0 aliphatic carbocycles. The monoisotopic (exact) mass is 258 g/mol. The van der Waals surface area contributed by atoms with E-state index in [1.165, 1.54) is 6.92 Å². The highest BCUT2D eigenvalue weighted by Gasteiger charge is 2.21. The summed E-state index contributed by atoms with van der Waals surface area (Å²) < 4.78 is 5.49. The van der Waals surface area contributed by atoms with Crippen LogP contribution in [0, 0.1) is 0 Å². The number of hydrogen-bond donors (Lipinski definition) is 2. The Kier molecular flexibility index (Phi) is 2.38. The van der Waals surface area contributed by atoms with E-state index in [4.69, 9.17) is 4.74 Å². The second-order valence-corrected chi connectivity index (χ2v) is 4.37. The van der Waals surface area contributed by atoms with Crippen LogP contribution < -0.4 is 16.0 Å². The van der Waals surface area contributed by atoms with Gasteiger partial charge >= 0.3 is 5.69 Å². The number of ketones is 1. The topological polar surface area (TPSA) is 92.0 Å². The van der Waals surface area contributed by atoms with Gasteiger partial charge in [0, 0.05) is 17.5 Å². The summed E-state index contributed by atoms with van der Waals surface area (Å²) in [5.41, 5.74) is 0.586. The van der Waals surface area contributed by atoms with Crippen molar-refractivity contribution in [3.63, 3.8) is 0 Å². The zero-order valence-corrected chi connectivity index (χ0v) is 10.1. The molecule has 2 aromatic rings. The summed E-state index contributed by atoms with van der Waals surface area (Å²) in [6.07, 6.45) is 0.317. The van der Waals surface area contributed by atoms with Gasteiger partial charge in [-0.1, -0.05) is 0 Å². The number of aromatic amines is 2. The predicted octanol–water partition coefficient (Wildman–Crippen LogP) is 0.962. The number of fused-ring (bicyclic) bond motifs is 2. The van der Waals surface area contributed by atoms with Gasteiger partial charge in [0.2, 0.25) is 5.88 Å². The average Bonchev–Trinajstić information content (AvgIpc) is 2.36. The van der Waals surface area contributed by atoms with Crippen LogP contribution in [0.25, 0.3) is 0 Å². The molecule has 0 radical (unpaired) electrons. The van der Waals surface area contributed by atoms with Gasteiger partial charge < -0.3 is 4.74 Å². The third kappa shape index (κ3) is 1.87. The summed E-state index contributed by atoms with van der Waals surface area (Å²) >= 11 is 0. The fourth-order valence-electron chi connectivity index (χ4n) is 2.08. The first-order chi connectivity index (χ1) is 9.04. The molecule has 0 unspecified atom stereocenters. The van der Waals surface area contributed by atoms with Gasteiger partial charge in [-0.2, -0.15) is 0 Å². The van der Waals surface area contributed by atoms with Crippen LogP contribution in [0.5, 0.6) is 11.6 Å². The molecule has 1 aliphatic rings. The first-order valence-electron chi connectivity index (χ1n) is 5.72. The van der Waals surface area contributed by atoms with Crippen molar-refractivity contribution in [2.45, 2.75) is 13.3 Å². The van der Waals surface area contributed by atoms with Gasteiger partial charge in [0.25, 0.3) is 5.56 Å². The highest BCUT2D eigenvalue weighted by molar-refractivity contribution is 5.94. The minimum absolute atomic E-state index is 0.0519. The number of hydrogen-bond acceptors (Lipinski definition) is 4. The quantitative estimate of drug-likeness (QED) is 0.636. The minimum atomic E-state index is -0.604. The van der Waals surface area contributed by atoms with E-state index in [9.17, 15) is 14.4 Å². The number of rotatable bonds is 1. The molecule has 0 atom stereocenters. The number of aromatic nitrogens is 2. The average molecular weight is 258 g/mol. The highest BCUT2D eigenvalue weighted by atomic mass is 16.5. The molecule has 0 fully saturated rings. The van der Waals surface area contributed by atoms with Gasteiger partial charge in [0.1, 0.15) is 5.75 Å². The molecule has 96 valence electrons. The second kappa shape index (κ2) is 3.94. The number of Topliss-reactive ketones (excluding diaryl/α,β-unsaturated/α-hetero) is 1. The molecule has 1 aromatic carbocycles. The van der Waals surface area contributed by atoms with Crippen LogP contribution in [0.4, 0.5) is 0 Å². The van der Waals surface area contributed by atoms with Crippen molar-refractivity contribution in [1.82, 2.24) is 9.97 Å². The molecule has 0 amide bonds. The lowest BCUT2D eigenvalue weighted by atomic mass is 10.00. The Morgan fingerprint density at radius 2 is 2.05 bits per heavy atom. The molecule has 0 bridgehead atoms. The zero-order valence-electron chi connectivity index (χ0n) is 10.1. The third-order valence-corrected chi connectivity index (χ3v) is 3.05. The molecule has 1 aliphatic heterocycles. The fourth-order valence-corrected chi connectivity index (χ4v) is 2.08. The lowest BCUT2D eigenvalue weighted by Gasteiger charge is -2.18. The maximum atomic E-state index is 11.7. The van der Waals surface area contributed by atoms with Gasteiger partial charge in [-0.15, -0.1) is 0 Å². The van der Waals surface area contributed by atoms with Gasteiger partial charge in [-0.3, -0.25) is 19.6 Å². The van der Waals surface area contributed by atoms with Gasteiger partial charge in [0.05, 0.1) is 5.56 Å². The molecule has 0 saturated heterocycles. The normalized spacial score (nSPS) is 12.3. The molecular weight excluding hydrogens is 248 g/mol. The maximum Gasteiger partial charge on any atom is 0.328 e. The molecular formula is C13H10N2O4. The van der Waals surface area contributed by atoms with E-state index in [0.717, 1.165) is 5.56 Å². The summed E-state index contributed by atoms with van der Waals surface area (Å²) in [5, 5.41) is 0. The van der Waals surface area contributed by atoms with Crippen LogP contribution >= 0.6 is 0 Å². The van der Waals surface area contributed by atoms with Crippen LogP contribution in [0.3, 0.4) is 0 Å². The van der Waals surface area contributed by atoms with Crippen molar-refractivity contribution >= 4 is 5.78 Å². The molecule has 19 heavy (non-hydrogen) atoms. The number of H-pyrrole nitrogens is 2. The minimum Gasteiger partial charge on any atom is -0.440 e. The molecule has 1 aromatic heterocycles. The van der Waals surface area contributed by atoms with Crippen LogP contribution in [-0.2, 0) is 6.42 Å². The SMILES string of the molecule is CC(=O)c1ccc2c(c1)Cc1c([nH]c(=O)[nH]c1=O)O2. The number of benzene rings is 1. The zero-order chi connectivity index (χ0) is 13.6. The largest absolute Gasteiger partial charge is 0.440 e. The number of ether oxygens (including phenoxy) is 1. The van der Waals surface area contributed by atoms with Crippen LogP contribution in [0.1, 0.15) is 28.4 Å². The Morgan fingerprint density at radius 1 is 1.26 bits per heavy atom. The Bertz CT molecular complexity index is 801. The Morgan fingerprint density at radius 3 is 2.79 bits per heavy atom. The van der Waals surface area contributed by atoms with Gasteiger partial charge in [-0.05, 0) is 25.1 Å². The van der Waals surface area contributed by atoms with E-state index >= 15 is 0 Å². The van der Waals surface area contributed by atoms with E-state index in [1.807, 2.05) is 0 Å². The standard InChI is InChI=1S/C13H10N2O4/c1-6(16)7-2-3-10-8(4-7)5-9-11(17)14-13(18)15-12(9)19-10/h2-4H,5H2,1H3,(H2,14,15,17,18). The second-order valence-electron chi connectivity index (χ2n) is 4.37. The van der Waals surface area contributed by atoms with Crippen molar-refractivity contribution in [3.8, 4) is 11.6 Å². The van der Waals surface area contributed by atoms with Crippen molar-refractivity contribution in [2.75, 3.05) is 0 Å². The molecule has 2 N–H and O–H groups in total. The van der Waals surface area contributed by atoms with E-state index in [2.05, 4.69) is 9.97 Å².